The summed E-state index contributed by atoms with van der Waals surface area (Å²) in [4.78, 5) is 7.32. The summed E-state index contributed by atoms with van der Waals surface area (Å²) >= 11 is 0. The first kappa shape index (κ1) is 14.9. The summed E-state index contributed by atoms with van der Waals surface area (Å²) in [5.41, 5.74) is 1.13. The van der Waals surface area contributed by atoms with E-state index >= 15 is 0 Å². The largest absolute Gasteiger partial charge is 0.352 e. The maximum absolute atomic E-state index is 4.72. The van der Waals surface area contributed by atoms with Crippen molar-refractivity contribution in [2.24, 2.45) is 0 Å². The van der Waals surface area contributed by atoms with Gasteiger partial charge in [0.25, 0.3) is 0 Å². The third-order valence-electron chi connectivity index (χ3n) is 4.93. The molecule has 21 heavy (non-hydrogen) atoms. The summed E-state index contributed by atoms with van der Waals surface area (Å²) in [5, 5.41) is 3.67. The van der Waals surface area contributed by atoms with Crippen LogP contribution < -0.4 is 5.32 Å². The minimum atomic E-state index is 0.463. The Morgan fingerprint density at radius 2 is 1.90 bits per heavy atom. The molecule has 118 valence electrons. The zero-order valence-corrected chi connectivity index (χ0v) is 13.6. The predicted molar refractivity (Wildman–Crippen MR) is 87.8 cm³/mol. The third-order valence-corrected chi connectivity index (χ3v) is 4.93. The number of hydrogen-bond donors (Lipinski definition) is 1. The van der Waals surface area contributed by atoms with E-state index in [0.29, 0.717) is 12.1 Å². The maximum atomic E-state index is 4.72. The van der Waals surface area contributed by atoms with Gasteiger partial charge in [0.15, 0.2) is 0 Å². The summed E-state index contributed by atoms with van der Waals surface area (Å²) in [5.74, 6) is 1.09. The lowest BCUT2D eigenvalue weighted by Crippen LogP contribution is -2.38. The number of rotatable bonds is 5. The molecule has 0 aromatic carbocycles. The Hall–Kier alpha value is -1.03. The molecule has 2 fully saturated rings. The highest BCUT2D eigenvalue weighted by Crippen LogP contribution is 2.32. The van der Waals surface area contributed by atoms with E-state index in [1.807, 2.05) is 0 Å². The standard InChI is InChI=1S/C17H30N4/c1-14(12-20-10-6-3-7-11-20)18-17-19-15(2)13-21(17)16-8-4-5-9-16/h13-14,16H,3-12H2,1-2H3,(H,18,19). The molecule has 1 aliphatic carbocycles. The van der Waals surface area contributed by atoms with Gasteiger partial charge in [-0.2, -0.15) is 0 Å². The number of aryl methyl sites for hydroxylation is 1. The van der Waals surface area contributed by atoms with Crippen LogP contribution in [0.25, 0.3) is 0 Å². The van der Waals surface area contributed by atoms with Gasteiger partial charge in [-0.3, -0.25) is 0 Å². The summed E-state index contributed by atoms with van der Waals surface area (Å²) in [6.07, 6.45) is 11.7. The maximum Gasteiger partial charge on any atom is 0.203 e. The molecule has 0 radical (unpaired) electrons. The van der Waals surface area contributed by atoms with Crippen LogP contribution >= 0.6 is 0 Å². The van der Waals surface area contributed by atoms with E-state index in [-0.39, 0.29) is 0 Å². The molecular weight excluding hydrogens is 260 g/mol. The number of hydrogen-bond acceptors (Lipinski definition) is 3. The number of piperidine rings is 1. The molecule has 1 atom stereocenters. The van der Waals surface area contributed by atoms with Crippen LogP contribution in [0.1, 0.15) is 63.6 Å². The number of imidazole rings is 1. The molecule has 1 saturated carbocycles. The van der Waals surface area contributed by atoms with Gasteiger partial charge in [0, 0.05) is 24.8 Å². The Bertz CT molecular complexity index is 442. The fraction of sp³-hybridized carbons (Fsp3) is 0.824. The number of aromatic nitrogens is 2. The molecule has 0 spiro atoms. The second kappa shape index (κ2) is 6.82. The molecule has 1 aromatic heterocycles. The van der Waals surface area contributed by atoms with E-state index < -0.39 is 0 Å². The van der Waals surface area contributed by atoms with Gasteiger partial charge in [-0.05, 0) is 52.6 Å². The minimum Gasteiger partial charge on any atom is -0.352 e. The van der Waals surface area contributed by atoms with Gasteiger partial charge >= 0.3 is 0 Å². The van der Waals surface area contributed by atoms with Gasteiger partial charge in [0.1, 0.15) is 0 Å². The van der Waals surface area contributed by atoms with Gasteiger partial charge in [0.05, 0.1) is 5.69 Å². The van der Waals surface area contributed by atoms with Crippen LogP contribution in [0.4, 0.5) is 5.95 Å². The van der Waals surface area contributed by atoms with Gasteiger partial charge < -0.3 is 14.8 Å². The number of anilines is 1. The van der Waals surface area contributed by atoms with Crippen molar-refractivity contribution in [1.82, 2.24) is 14.5 Å². The summed E-state index contributed by atoms with van der Waals surface area (Å²) in [7, 11) is 0. The minimum absolute atomic E-state index is 0.463. The molecule has 1 aromatic rings. The molecule has 1 N–H and O–H groups in total. The first-order valence-electron chi connectivity index (χ1n) is 8.77. The monoisotopic (exact) mass is 290 g/mol. The van der Waals surface area contributed by atoms with Crippen molar-refractivity contribution in [1.29, 1.82) is 0 Å². The fourth-order valence-electron chi connectivity index (χ4n) is 3.88. The SMILES string of the molecule is Cc1cn(C2CCCC2)c(NC(C)CN2CCCCC2)n1. The molecular formula is C17H30N4. The van der Waals surface area contributed by atoms with Crippen molar-refractivity contribution in [2.75, 3.05) is 25.0 Å². The Morgan fingerprint density at radius 3 is 2.62 bits per heavy atom. The smallest absolute Gasteiger partial charge is 0.203 e. The van der Waals surface area contributed by atoms with E-state index in [0.717, 1.165) is 18.2 Å². The Balaban J connectivity index is 1.60. The third kappa shape index (κ3) is 3.79. The molecule has 2 heterocycles. The molecule has 3 rings (SSSR count). The normalized spacial score (nSPS) is 22.6. The molecule has 0 bridgehead atoms. The highest BCUT2D eigenvalue weighted by atomic mass is 15.2. The Morgan fingerprint density at radius 1 is 1.19 bits per heavy atom. The summed E-state index contributed by atoms with van der Waals surface area (Å²) in [6.45, 7) is 8.06. The van der Waals surface area contributed by atoms with Gasteiger partial charge in [0.2, 0.25) is 5.95 Å². The van der Waals surface area contributed by atoms with E-state index in [1.165, 1.54) is 58.0 Å². The molecule has 1 saturated heterocycles. The molecule has 4 heteroatoms. The average molecular weight is 290 g/mol. The van der Waals surface area contributed by atoms with Crippen LogP contribution in [-0.4, -0.2) is 40.1 Å². The lowest BCUT2D eigenvalue weighted by Gasteiger charge is -2.29. The molecule has 0 amide bonds. The number of nitrogens with one attached hydrogen (secondary N) is 1. The van der Waals surface area contributed by atoms with E-state index in [4.69, 9.17) is 4.98 Å². The summed E-state index contributed by atoms with van der Waals surface area (Å²) in [6, 6.07) is 1.13. The zero-order chi connectivity index (χ0) is 14.7. The summed E-state index contributed by atoms with van der Waals surface area (Å²) < 4.78 is 2.40. The van der Waals surface area contributed by atoms with Gasteiger partial charge in [-0.15, -0.1) is 0 Å². The Kier molecular flexibility index (Phi) is 4.84. The highest BCUT2D eigenvalue weighted by molar-refractivity contribution is 5.31. The average Bonchev–Trinajstić information content (AvgIpc) is 3.09. The van der Waals surface area contributed by atoms with Crippen LogP contribution in [0, 0.1) is 6.92 Å². The van der Waals surface area contributed by atoms with Crippen LogP contribution in [0.5, 0.6) is 0 Å². The van der Waals surface area contributed by atoms with Crippen molar-refractivity contribution in [3.63, 3.8) is 0 Å². The van der Waals surface area contributed by atoms with Crippen molar-refractivity contribution in [2.45, 2.75) is 70.9 Å². The molecule has 1 unspecified atom stereocenters. The van der Waals surface area contributed by atoms with Gasteiger partial charge in [-0.1, -0.05) is 19.3 Å². The van der Waals surface area contributed by atoms with Crippen LogP contribution in [-0.2, 0) is 0 Å². The lowest BCUT2D eigenvalue weighted by atomic mass is 10.1. The second-order valence-corrected chi connectivity index (χ2v) is 6.96. The molecule has 4 nitrogen and oxygen atoms in total. The van der Waals surface area contributed by atoms with E-state index in [2.05, 4.69) is 34.8 Å². The Labute approximate surface area is 128 Å². The van der Waals surface area contributed by atoms with E-state index in [9.17, 15) is 0 Å². The van der Waals surface area contributed by atoms with Crippen LogP contribution in [0.3, 0.4) is 0 Å². The fourth-order valence-corrected chi connectivity index (χ4v) is 3.88. The van der Waals surface area contributed by atoms with Crippen molar-refractivity contribution < 1.29 is 0 Å². The van der Waals surface area contributed by atoms with E-state index in [1.54, 1.807) is 0 Å². The first-order valence-corrected chi connectivity index (χ1v) is 8.77. The second-order valence-electron chi connectivity index (χ2n) is 6.96. The topological polar surface area (TPSA) is 33.1 Å². The number of likely N-dealkylation sites (tertiary alicyclic amines) is 1. The van der Waals surface area contributed by atoms with Crippen LogP contribution in [0.2, 0.25) is 0 Å². The lowest BCUT2D eigenvalue weighted by molar-refractivity contribution is 0.223. The first-order chi connectivity index (χ1) is 10.2. The highest BCUT2D eigenvalue weighted by Gasteiger charge is 2.21. The predicted octanol–water partition coefficient (Wildman–Crippen LogP) is 3.59. The molecule has 2 aliphatic rings. The van der Waals surface area contributed by atoms with Crippen molar-refractivity contribution >= 4 is 5.95 Å². The van der Waals surface area contributed by atoms with Gasteiger partial charge in [-0.25, -0.2) is 4.98 Å². The number of nitrogens with zero attached hydrogens (tertiary/aromatic N) is 3. The van der Waals surface area contributed by atoms with Crippen molar-refractivity contribution in [3.8, 4) is 0 Å². The zero-order valence-electron chi connectivity index (χ0n) is 13.6. The van der Waals surface area contributed by atoms with Crippen molar-refractivity contribution in [3.05, 3.63) is 11.9 Å². The van der Waals surface area contributed by atoms with Crippen LogP contribution in [0.15, 0.2) is 6.20 Å². The molecule has 1 aliphatic heterocycles. The quantitative estimate of drug-likeness (QED) is 0.899.